The summed E-state index contributed by atoms with van der Waals surface area (Å²) in [6.45, 7) is 0. The molecule has 2 aromatic heterocycles. The minimum atomic E-state index is -4.75. The van der Waals surface area contributed by atoms with Gasteiger partial charge < -0.3 is 10.1 Å². The summed E-state index contributed by atoms with van der Waals surface area (Å²) in [5.41, 5.74) is -0.792. The minimum absolute atomic E-state index is 0.0743. The molecule has 11 heteroatoms. The lowest BCUT2D eigenvalue weighted by Gasteiger charge is -2.11. The van der Waals surface area contributed by atoms with Crippen molar-refractivity contribution in [3.05, 3.63) is 82.1 Å². The Bertz CT molecular complexity index is 1370. The fourth-order valence-electron chi connectivity index (χ4n) is 3.12. The van der Waals surface area contributed by atoms with Crippen LogP contribution in [0.25, 0.3) is 16.9 Å². The lowest BCUT2D eigenvalue weighted by atomic mass is 10.1. The Hall–Kier alpha value is -3.73. The third-order valence-electron chi connectivity index (χ3n) is 4.67. The lowest BCUT2D eigenvalue weighted by Crippen LogP contribution is -2.17. The first kappa shape index (κ1) is 22.5. The molecule has 0 bridgehead atoms. The number of alkyl halides is 3. The van der Waals surface area contributed by atoms with E-state index in [4.69, 9.17) is 0 Å². The van der Waals surface area contributed by atoms with Gasteiger partial charge in [0.15, 0.2) is 17.0 Å². The Morgan fingerprint density at radius 3 is 2.42 bits per heavy atom. The van der Waals surface area contributed by atoms with Gasteiger partial charge >= 0.3 is 12.1 Å². The molecule has 1 amide bonds. The van der Waals surface area contributed by atoms with Crippen molar-refractivity contribution in [1.29, 1.82) is 0 Å². The summed E-state index contributed by atoms with van der Waals surface area (Å²) in [4.78, 5) is 28.9. The SMILES string of the molecule is COC(=O)c1ccccc1NC(=O)c1cc2nc(-c3ccc(Br)cc3)cc(C(F)(F)F)n2n1. The number of hydrogen-bond acceptors (Lipinski definition) is 5. The Labute approximate surface area is 193 Å². The highest BCUT2D eigenvalue weighted by atomic mass is 79.9. The molecule has 0 spiro atoms. The molecule has 0 saturated carbocycles. The van der Waals surface area contributed by atoms with Gasteiger partial charge in [0.2, 0.25) is 0 Å². The molecular weight excluding hydrogens is 505 g/mol. The number of hydrogen-bond donors (Lipinski definition) is 1. The predicted molar refractivity (Wildman–Crippen MR) is 117 cm³/mol. The number of amides is 1. The van der Waals surface area contributed by atoms with Gasteiger partial charge in [-0.3, -0.25) is 4.79 Å². The van der Waals surface area contributed by atoms with Gasteiger partial charge in [-0.1, -0.05) is 40.2 Å². The average Bonchev–Trinajstić information content (AvgIpc) is 3.22. The van der Waals surface area contributed by atoms with Gasteiger partial charge in [0.05, 0.1) is 24.1 Å². The lowest BCUT2D eigenvalue weighted by molar-refractivity contribution is -0.142. The molecule has 0 fully saturated rings. The van der Waals surface area contributed by atoms with E-state index in [1.807, 2.05) is 0 Å². The molecule has 2 aromatic carbocycles. The van der Waals surface area contributed by atoms with E-state index < -0.39 is 23.7 Å². The molecule has 33 heavy (non-hydrogen) atoms. The smallest absolute Gasteiger partial charge is 0.433 e. The standard InChI is InChI=1S/C22H14BrF3N4O3/c1-33-21(32)14-4-2-3-5-15(14)28-20(31)17-11-19-27-16(12-6-8-13(23)9-7-12)10-18(22(24,25)26)30(19)29-17/h2-11H,1H3,(H,28,31). The molecule has 0 aliphatic carbocycles. The summed E-state index contributed by atoms with van der Waals surface area (Å²) in [6, 6.07) is 14.7. The summed E-state index contributed by atoms with van der Waals surface area (Å²) in [6.07, 6.45) is -4.75. The number of ether oxygens (including phenoxy) is 1. The van der Waals surface area contributed by atoms with E-state index in [1.54, 1.807) is 36.4 Å². The van der Waals surface area contributed by atoms with Crippen LogP contribution in [0.4, 0.5) is 18.9 Å². The highest BCUT2D eigenvalue weighted by Gasteiger charge is 2.35. The molecule has 7 nitrogen and oxygen atoms in total. The highest BCUT2D eigenvalue weighted by Crippen LogP contribution is 2.32. The first-order chi connectivity index (χ1) is 15.7. The predicted octanol–water partition coefficient (Wildman–Crippen LogP) is 5.22. The number of esters is 1. The van der Waals surface area contributed by atoms with Gasteiger partial charge in [-0.25, -0.2) is 14.3 Å². The van der Waals surface area contributed by atoms with Crippen molar-refractivity contribution in [1.82, 2.24) is 14.6 Å². The van der Waals surface area contributed by atoms with Crippen molar-refractivity contribution >= 4 is 39.1 Å². The maximum Gasteiger partial charge on any atom is 0.433 e. The molecule has 4 rings (SSSR count). The van der Waals surface area contributed by atoms with Gasteiger partial charge in [-0.05, 0) is 30.3 Å². The third-order valence-corrected chi connectivity index (χ3v) is 5.20. The number of rotatable bonds is 4. The van der Waals surface area contributed by atoms with E-state index in [0.717, 1.165) is 16.6 Å². The van der Waals surface area contributed by atoms with Gasteiger partial charge in [0.1, 0.15) is 0 Å². The van der Waals surface area contributed by atoms with E-state index in [-0.39, 0.29) is 28.3 Å². The summed E-state index contributed by atoms with van der Waals surface area (Å²) >= 11 is 3.28. The zero-order valence-corrected chi connectivity index (χ0v) is 18.4. The van der Waals surface area contributed by atoms with Crippen molar-refractivity contribution in [2.45, 2.75) is 6.18 Å². The normalized spacial score (nSPS) is 11.4. The summed E-state index contributed by atoms with van der Waals surface area (Å²) in [5.74, 6) is -1.49. The number of benzene rings is 2. The third kappa shape index (κ3) is 4.58. The quantitative estimate of drug-likeness (QED) is 0.374. The van der Waals surface area contributed by atoms with Crippen molar-refractivity contribution < 1.29 is 27.5 Å². The molecule has 0 atom stereocenters. The Morgan fingerprint density at radius 1 is 1.06 bits per heavy atom. The Balaban J connectivity index is 1.77. The first-order valence-electron chi connectivity index (χ1n) is 9.40. The Kier molecular flexibility index (Phi) is 5.90. The van der Waals surface area contributed by atoms with Crippen molar-refractivity contribution in [2.75, 3.05) is 12.4 Å². The number of methoxy groups -OCH3 is 1. The molecule has 1 N–H and O–H groups in total. The molecule has 0 aliphatic rings. The van der Waals surface area contributed by atoms with Crippen LogP contribution >= 0.6 is 15.9 Å². The number of aromatic nitrogens is 3. The number of para-hydroxylation sites is 1. The maximum atomic E-state index is 13.8. The van der Waals surface area contributed by atoms with Gasteiger partial charge in [0.25, 0.3) is 5.91 Å². The fraction of sp³-hybridized carbons (Fsp3) is 0.0909. The molecule has 4 aromatic rings. The van der Waals surface area contributed by atoms with E-state index >= 15 is 0 Å². The van der Waals surface area contributed by atoms with Crippen LogP contribution in [0, 0.1) is 0 Å². The van der Waals surface area contributed by atoms with Crippen LogP contribution in [0.1, 0.15) is 26.5 Å². The molecule has 168 valence electrons. The van der Waals surface area contributed by atoms with Crippen molar-refractivity contribution in [2.24, 2.45) is 0 Å². The van der Waals surface area contributed by atoms with E-state index in [1.165, 1.54) is 19.2 Å². The zero-order valence-electron chi connectivity index (χ0n) is 16.9. The fourth-order valence-corrected chi connectivity index (χ4v) is 3.39. The molecule has 0 unspecified atom stereocenters. The summed E-state index contributed by atoms with van der Waals surface area (Å²) in [5, 5.41) is 6.30. The Morgan fingerprint density at radius 2 is 1.76 bits per heavy atom. The number of nitrogens with one attached hydrogen (secondary N) is 1. The van der Waals surface area contributed by atoms with Crippen LogP contribution in [0.15, 0.2) is 65.1 Å². The summed E-state index contributed by atoms with van der Waals surface area (Å²) < 4.78 is 47.3. The van der Waals surface area contributed by atoms with Crippen LogP contribution < -0.4 is 5.32 Å². The van der Waals surface area contributed by atoms with Crippen molar-refractivity contribution in [3.63, 3.8) is 0 Å². The van der Waals surface area contributed by atoms with Gasteiger partial charge in [-0.15, -0.1) is 0 Å². The average molecular weight is 519 g/mol. The van der Waals surface area contributed by atoms with Crippen LogP contribution in [0.2, 0.25) is 0 Å². The number of anilines is 1. The molecular formula is C22H14BrF3N4O3. The van der Waals surface area contributed by atoms with Crippen LogP contribution in [-0.4, -0.2) is 33.6 Å². The van der Waals surface area contributed by atoms with Crippen molar-refractivity contribution in [3.8, 4) is 11.3 Å². The zero-order chi connectivity index (χ0) is 23.8. The highest BCUT2D eigenvalue weighted by molar-refractivity contribution is 9.10. The largest absolute Gasteiger partial charge is 0.465 e. The van der Waals surface area contributed by atoms with E-state index in [2.05, 4.69) is 36.1 Å². The number of halogens is 4. The second-order valence-electron chi connectivity index (χ2n) is 6.82. The topological polar surface area (TPSA) is 85.6 Å². The van der Waals surface area contributed by atoms with Crippen LogP contribution in [0.5, 0.6) is 0 Å². The molecule has 0 saturated heterocycles. The molecule has 0 radical (unpaired) electrons. The second-order valence-corrected chi connectivity index (χ2v) is 7.74. The maximum absolute atomic E-state index is 13.8. The van der Waals surface area contributed by atoms with Crippen LogP contribution in [0.3, 0.4) is 0 Å². The van der Waals surface area contributed by atoms with E-state index in [0.29, 0.717) is 10.1 Å². The number of carbonyl (C=O) groups excluding carboxylic acids is 2. The molecule has 0 aliphatic heterocycles. The number of nitrogens with zero attached hydrogens (tertiary/aromatic N) is 3. The van der Waals surface area contributed by atoms with Crippen LogP contribution in [-0.2, 0) is 10.9 Å². The van der Waals surface area contributed by atoms with E-state index in [9.17, 15) is 22.8 Å². The number of carbonyl (C=O) groups is 2. The van der Waals surface area contributed by atoms with Gasteiger partial charge in [0, 0.05) is 16.1 Å². The molecule has 2 heterocycles. The monoisotopic (exact) mass is 518 g/mol. The minimum Gasteiger partial charge on any atom is -0.465 e. The summed E-state index contributed by atoms with van der Waals surface area (Å²) in [7, 11) is 1.19. The second kappa shape index (κ2) is 8.66. The number of fused-ring (bicyclic) bond motifs is 1. The first-order valence-corrected chi connectivity index (χ1v) is 10.2. The van der Waals surface area contributed by atoms with Gasteiger partial charge in [-0.2, -0.15) is 18.3 Å².